The lowest BCUT2D eigenvalue weighted by Gasteiger charge is -2.28. The van der Waals surface area contributed by atoms with Crippen molar-refractivity contribution in [2.24, 2.45) is 0 Å². The highest BCUT2D eigenvalue weighted by Crippen LogP contribution is 2.44. The molecule has 1 aliphatic heterocycles. The molecule has 0 unspecified atom stereocenters. The summed E-state index contributed by atoms with van der Waals surface area (Å²) in [4.78, 5) is 19.4. The summed E-state index contributed by atoms with van der Waals surface area (Å²) in [5.41, 5.74) is 6.31. The van der Waals surface area contributed by atoms with Crippen LogP contribution in [0.3, 0.4) is 0 Å². The largest absolute Gasteiger partial charge is 0.465 e. The van der Waals surface area contributed by atoms with Gasteiger partial charge in [-0.15, -0.1) is 0 Å². The number of anilines is 1. The zero-order valence-corrected chi connectivity index (χ0v) is 22.5. The van der Waals surface area contributed by atoms with E-state index in [4.69, 9.17) is 17.0 Å². The van der Waals surface area contributed by atoms with E-state index in [2.05, 4.69) is 60.8 Å². The summed E-state index contributed by atoms with van der Waals surface area (Å²) in [6, 6.07) is 23.4. The number of nitrogens with zero attached hydrogens (tertiary/aromatic N) is 3. The number of ether oxygens (including phenoxy) is 1. The zero-order chi connectivity index (χ0) is 25.4. The van der Waals surface area contributed by atoms with Gasteiger partial charge in [0.15, 0.2) is 5.11 Å². The third-order valence-corrected chi connectivity index (χ3v) is 7.39. The molecule has 2 aromatic carbocycles. The summed E-state index contributed by atoms with van der Waals surface area (Å²) in [5.74, 6) is -0.369. The van der Waals surface area contributed by atoms with Crippen LogP contribution in [0, 0.1) is 13.8 Å². The minimum absolute atomic E-state index is 0.154. The molecule has 8 heteroatoms. The number of carbonyl (C=O) groups is 1. The van der Waals surface area contributed by atoms with Crippen LogP contribution in [0.2, 0.25) is 0 Å². The molecular weight excluding hydrogens is 536 g/mol. The minimum Gasteiger partial charge on any atom is -0.465 e. The number of carbonyl (C=O) groups excluding carboxylic acids is 1. The van der Waals surface area contributed by atoms with Crippen LogP contribution in [0.5, 0.6) is 0 Å². The van der Waals surface area contributed by atoms with E-state index in [1.807, 2.05) is 55.5 Å². The number of rotatable bonds is 5. The zero-order valence-electron chi connectivity index (χ0n) is 20.1. The van der Waals surface area contributed by atoms with Crippen LogP contribution >= 0.6 is 28.1 Å². The Bertz CT molecular complexity index is 1440. The number of benzene rings is 2. The van der Waals surface area contributed by atoms with Crippen molar-refractivity contribution >= 4 is 44.9 Å². The van der Waals surface area contributed by atoms with Crippen molar-refractivity contribution in [2.45, 2.75) is 25.9 Å². The molecule has 2 atom stereocenters. The van der Waals surface area contributed by atoms with E-state index in [0.29, 0.717) is 10.7 Å². The topological polar surface area (TPSA) is 59.4 Å². The summed E-state index contributed by atoms with van der Waals surface area (Å²) in [6.45, 7) is 4.12. The quantitative estimate of drug-likeness (QED) is 0.231. The minimum atomic E-state index is -0.369. The van der Waals surface area contributed by atoms with Gasteiger partial charge in [0.1, 0.15) is 0 Å². The van der Waals surface area contributed by atoms with Gasteiger partial charge in [-0.3, -0.25) is 4.98 Å². The number of hydrogen-bond acceptors (Lipinski definition) is 4. The van der Waals surface area contributed by atoms with E-state index in [1.54, 1.807) is 12.3 Å². The first-order valence-corrected chi connectivity index (χ1v) is 12.7. The van der Waals surface area contributed by atoms with Crippen molar-refractivity contribution in [3.8, 4) is 5.69 Å². The fourth-order valence-electron chi connectivity index (χ4n) is 4.96. The van der Waals surface area contributed by atoms with E-state index in [9.17, 15) is 4.79 Å². The van der Waals surface area contributed by atoms with Crippen molar-refractivity contribution in [1.82, 2.24) is 14.9 Å². The van der Waals surface area contributed by atoms with E-state index >= 15 is 0 Å². The highest BCUT2D eigenvalue weighted by Gasteiger charge is 2.42. The lowest BCUT2D eigenvalue weighted by molar-refractivity contribution is 0.0600. The van der Waals surface area contributed by atoms with Crippen LogP contribution in [0.15, 0.2) is 83.5 Å². The molecule has 2 aromatic heterocycles. The third kappa shape index (κ3) is 4.20. The Kier molecular flexibility index (Phi) is 6.64. The number of thiocarbonyl (C=S) groups is 1. The number of pyridine rings is 1. The predicted octanol–water partition coefficient (Wildman–Crippen LogP) is 6.22. The highest BCUT2D eigenvalue weighted by atomic mass is 79.9. The van der Waals surface area contributed by atoms with Gasteiger partial charge in [-0.2, -0.15) is 0 Å². The van der Waals surface area contributed by atoms with Gasteiger partial charge in [0.05, 0.1) is 36.1 Å². The molecule has 4 aromatic rings. The average molecular weight is 562 g/mol. The maximum absolute atomic E-state index is 12.6. The Balaban J connectivity index is 1.69. The molecule has 3 heterocycles. The van der Waals surface area contributed by atoms with Crippen molar-refractivity contribution in [1.29, 1.82) is 0 Å². The molecule has 0 spiro atoms. The van der Waals surface area contributed by atoms with Gasteiger partial charge < -0.3 is 19.5 Å². The van der Waals surface area contributed by atoms with Crippen LogP contribution in [0.1, 0.15) is 45.1 Å². The van der Waals surface area contributed by atoms with E-state index < -0.39 is 0 Å². The Morgan fingerprint density at radius 3 is 2.47 bits per heavy atom. The maximum Gasteiger partial charge on any atom is 0.339 e. The molecule has 0 radical (unpaired) electrons. The predicted molar refractivity (Wildman–Crippen MR) is 149 cm³/mol. The number of aromatic nitrogens is 2. The number of hydrogen-bond donors (Lipinski definition) is 1. The van der Waals surface area contributed by atoms with Crippen LogP contribution in [-0.2, 0) is 4.74 Å². The number of aryl methyl sites for hydroxylation is 1. The molecule has 36 heavy (non-hydrogen) atoms. The number of methoxy groups -OCH3 is 1. The van der Waals surface area contributed by atoms with Crippen molar-refractivity contribution in [3.63, 3.8) is 0 Å². The molecular formula is C28H25BrN4O2S. The van der Waals surface area contributed by atoms with E-state index in [1.165, 1.54) is 7.11 Å². The molecule has 0 saturated carbocycles. The lowest BCUT2D eigenvalue weighted by atomic mass is 9.96. The molecule has 1 aliphatic rings. The standard InChI is InChI=1S/C28H25BrN4O2S/c1-17-16-22(18(2)32(17)24-10-5-4-8-21(24)27(34)35-3)26-25(23-9-6-7-15-30-23)31-28(36)33(26)20-13-11-19(29)12-14-20/h4-16,25-26H,1-3H3,(H,31,36)/t25-,26-/m1/s1. The molecule has 5 rings (SSSR count). The van der Waals surface area contributed by atoms with Crippen LogP contribution in [0.25, 0.3) is 5.69 Å². The molecule has 1 fully saturated rings. The summed E-state index contributed by atoms with van der Waals surface area (Å²) < 4.78 is 8.17. The van der Waals surface area contributed by atoms with Crippen molar-refractivity contribution in [3.05, 3.63) is 112 Å². The average Bonchev–Trinajstić information content (AvgIpc) is 3.39. The van der Waals surface area contributed by atoms with Gasteiger partial charge in [0, 0.05) is 27.7 Å². The molecule has 0 amide bonds. The second-order valence-corrected chi connectivity index (χ2v) is 9.95. The van der Waals surface area contributed by atoms with Crippen molar-refractivity contribution in [2.75, 3.05) is 12.0 Å². The monoisotopic (exact) mass is 560 g/mol. The van der Waals surface area contributed by atoms with Crippen LogP contribution in [0.4, 0.5) is 5.69 Å². The summed E-state index contributed by atoms with van der Waals surface area (Å²) in [5, 5.41) is 4.15. The number of nitrogens with one attached hydrogen (secondary N) is 1. The Hall–Kier alpha value is -3.49. The summed E-state index contributed by atoms with van der Waals surface area (Å²) in [6.07, 6.45) is 1.80. The van der Waals surface area contributed by atoms with E-state index in [-0.39, 0.29) is 18.1 Å². The van der Waals surface area contributed by atoms with Crippen LogP contribution < -0.4 is 10.2 Å². The number of halogens is 1. The third-order valence-electron chi connectivity index (χ3n) is 6.54. The first-order chi connectivity index (χ1) is 17.4. The van der Waals surface area contributed by atoms with Gasteiger partial charge in [-0.1, -0.05) is 34.1 Å². The van der Waals surface area contributed by atoms with Crippen molar-refractivity contribution < 1.29 is 9.53 Å². The fraction of sp³-hybridized carbons (Fsp3) is 0.179. The van der Waals surface area contributed by atoms with E-state index in [0.717, 1.165) is 38.5 Å². The second kappa shape index (κ2) is 9.87. The Morgan fingerprint density at radius 2 is 1.78 bits per heavy atom. The smallest absolute Gasteiger partial charge is 0.339 e. The molecule has 1 N–H and O–H groups in total. The second-order valence-electron chi connectivity index (χ2n) is 8.64. The van der Waals surface area contributed by atoms with Gasteiger partial charge >= 0.3 is 5.97 Å². The van der Waals surface area contributed by atoms with Gasteiger partial charge in [-0.25, -0.2) is 4.79 Å². The first kappa shape index (κ1) is 24.2. The molecule has 1 saturated heterocycles. The number of para-hydroxylation sites is 1. The Morgan fingerprint density at radius 1 is 1.06 bits per heavy atom. The van der Waals surface area contributed by atoms with Gasteiger partial charge in [0.2, 0.25) is 0 Å². The fourth-order valence-corrected chi connectivity index (χ4v) is 5.57. The SMILES string of the molecule is COC(=O)c1ccccc1-n1c(C)cc([C@@H]2[C@@H](c3ccccn3)NC(=S)N2c2ccc(Br)cc2)c1C. The van der Waals surface area contributed by atoms with Crippen LogP contribution in [-0.4, -0.2) is 27.7 Å². The normalized spacial score (nSPS) is 17.2. The Labute approximate surface area is 224 Å². The lowest BCUT2D eigenvalue weighted by Crippen LogP contribution is -2.29. The maximum atomic E-state index is 12.6. The first-order valence-electron chi connectivity index (χ1n) is 11.5. The number of esters is 1. The molecule has 6 nitrogen and oxygen atoms in total. The van der Waals surface area contributed by atoms with Gasteiger partial charge in [-0.05, 0) is 86.2 Å². The molecule has 0 aliphatic carbocycles. The summed E-state index contributed by atoms with van der Waals surface area (Å²) >= 11 is 9.40. The molecule has 0 bridgehead atoms. The highest BCUT2D eigenvalue weighted by molar-refractivity contribution is 9.10. The van der Waals surface area contributed by atoms with Gasteiger partial charge in [0.25, 0.3) is 0 Å². The molecule has 182 valence electrons. The summed E-state index contributed by atoms with van der Waals surface area (Å²) in [7, 11) is 1.40.